The number of Topliss-reactive ketones (excluding diaryl/α,β-unsaturated/α-hetero) is 1. The van der Waals surface area contributed by atoms with Crippen LogP contribution in [-0.2, 0) is 17.6 Å². The molecule has 194 valence electrons. The van der Waals surface area contributed by atoms with Crippen LogP contribution < -0.4 is 14.4 Å². The second-order valence-corrected chi connectivity index (χ2v) is 9.91. The summed E-state index contributed by atoms with van der Waals surface area (Å²) in [6, 6.07) is 11.9. The van der Waals surface area contributed by atoms with Crippen molar-refractivity contribution in [2.45, 2.75) is 51.9 Å². The Labute approximate surface area is 220 Å². The van der Waals surface area contributed by atoms with Gasteiger partial charge in [0.05, 0.1) is 12.3 Å². The molecule has 0 aromatic heterocycles. The first-order chi connectivity index (χ1) is 17.1. The molecule has 0 spiro atoms. The number of piperidine rings is 1. The van der Waals surface area contributed by atoms with E-state index in [0.717, 1.165) is 81.0 Å². The van der Waals surface area contributed by atoms with E-state index < -0.39 is 0 Å². The number of nitrogens with zero attached hydrogens (tertiary/aromatic N) is 2. The molecule has 5 rings (SSSR count). The van der Waals surface area contributed by atoms with Gasteiger partial charge in [-0.1, -0.05) is 12.1 Å². The molecule has 0 bridgehead atoms. The number of ether oxygens (including phenoxy) is 2. The van der Waals surface area contributed by atoms with Gasteiger partial charge in [-0.25, -0.2) is 0 Å². The highest BCUT2D eigenvalue weighted by Crippen LogP contribution is 2.38. The number of aryl methyl sites for hydroxylation is 1. The van der Waals surface area contributed by atoms with Gasteiger partial charge < -0.3 is 14.4 Å². The molecule has 0 atom stereocenters. The van der Waals surface area contributed by atoms with Crippen molar-refractivity contribution in [1.29, 1.82) is 0 Å². The molecule has 2 aromatic carbocycles. The number of rotatable bonds is 10. The van der Waals surface area contributed by atoms with Crippen LogP contribution in [0.1, 0.15) is 60.5 Å². The van der Waals surface area contributed by atoms with Crippen LogP contribution in [0.15, 0.2) is 36.4 Å². The molecule has 1 fully saturated rings. The van der Waals surface area contributed by atoms with Crippen molar-refractivity contribution in [3.05, 3.63) is 53.1 Å². The van der Waals surface area contributed by atoms with Gasteiger partial charge in [-0.3, -0.25) is 14.5 Å². The number of likely N-dealkylation sites (tertiary alicyclic amines) is 1. The maximum Gasteiger partial charge on any atom is 0.227 e. The molecule has 0 N–H and O–H groups in total. The standard InChI is InChI=1S/C29H36N2O4.ClH/c1-2-34-26-5-3-4-6-27(26)35-18-17-30-14-11-21(12-15-30)7-9-25(32)24-19-22-8-10-28(33)31-16-13-23(20-24)29(22)31;/h3-6,19-21H,2,7-18H2,1H3;1H. The molecule has 7 heteroatoms. The van der Waals surface area contributed by atoms with Crippen molar-refractivity contribution in [3.8, 4) is 11.5 Å². The zero-order valence-electron chi connectivity index (χ0n) is 21.2. The van der Waals surface area contributed by atoms with Crippen LogP contribution in [0, 0.1) is 5.92 Å². The number of carbonyl (C=O) groups excluding carboxylic acids is 2. The van der Waals surface area contributed by atoms with Crippen molar-refractivity contribution in [2.75, 3.05) is 44.3 Å². The van der Waals surface area contributed by atoms with Crippen LogP contribution in [0.5, 0.6) is 11.5 Å². The predicted octanol–water partition coefficient (Wildman–Crippen LogP) is 5.10. The monoisotopic (exact) mass is 512 g/mol. The number of ketones is 1. The maximum atomic E-state index is 13.0. The van der Waals surface area contributed by atoms with E-state index in [-0.39, 0.29) is 24.1 Å². The van der Waals surface area contributed by atoms with E-state index in [2.05, 4.69) is 11.0 Å². The second-order valence-electron chi connectivity index (χ2n) is 9.91. The summed E-state index contributed by atoms with van der Waals surface area (Å²) in [6.07, 6.45) is 6.04. The number of hydrogen-bond acceptors (Lipinski definition) is 5. The summed E-state index contributed by atoms with van der Waals surface area (Å²) in [5.74, 6) is 2.70. The minimum atomic E-state index is 0. The average Bonchev–Trinajstić information content (AvgIpc) is 3.32. The lowest BCUT2D eigenvalue weighted by Crippen LogP contribution is -2.36. The zero-order valence-corrected chi connectivity index (χ0v) is 22.0. The third kappa shape index (κ3) is 5.87. The highest BCUT2D eigenvalue weighted by Gasteiger charge is 2.32. The Morgan fingerprint density at radius 1 is 0.972 bits per heavy atom. The summed E-state index contributed by atoms with van der Waals surface area (Å²) < 4.78 is 11.6. The number of halogens is 1. The van der Waals surface area contributed by atoms with Crippen molar-refractivity contribution < 1.29 is 19.1 Å². The van der Waals surface area contributed by atoms with Gasteiger partial charge in [-0.15, -0.1) is 12.4 Å². The number of amides is 1. The van der Waals surface area contributed by atoms with E-state index in [1.807, 2.05) is 42.2 Å². The summed E-state index contributed by atoms with van der Waals surface area (Å²) in [7, 11) is 0. The van der Waals surface area contributed by atoms with Gasteiger partial charge in [0.25, 0.3) is 0 Å². The summed E-state index contributed by atoms with van der Waals surface area (Å²) in [5, 5.41) is 0. The van der Waals surface area contributed by atoms with Gasteiger partial charge in [-0.2, -0.15) is 0 Å². The lowest BCUT2D eigenvalue weighted by Gasteiger charge is -2.31. The van der Waals surface area contributed by atoms with E-state index in [4.69, 9.17) is 9.47 Å². The zero-order chi connectivity index (χ0) is 24.2. The number of anilines is 1. The van der Waals surface area contributed by atoms with Crippen LogP contribution in [0.4, 0.5) is 5.69 Å². The van der Waals surface area contributed by atoms with Gasteiger partial charge in [0, 0.05) is 31.5 Å². The SMILES string of the molecule is CCOc1ccccc1OCCN1CCC(CCC(=O)c2cc3c4c(c2)CCN4C(=O)CC3)CC1.Cl. The average molecular weight is 513 g/mol. The summed E-state index contributed by atoms with van der Waals surface area (Å²) in [6.45, 7) is 7.04. The van der Waals surface area contributed by atoms with E-state index in [1.54, 1.807) is 0 Å². The van der Waals surface area contributed by atoms with Crippen LogP contribution in [0.25, 0.3) is 0 Å². The minimum Gasteiger partial charge on any atom is -0.490 e. The predicted molar refractivity (Wildman–Crippen MR) is 144 cm³/mol. The fourth-order valence-electron chi connectivity index (χ4n) is 5.73. The van der Waals surface area contributed by atoms with Crippen LogP contribution >= 0.6 is 12.4 Å². The topological polar surface area (TPSA) is 59.1 Å². The Kier molecular flexibility index (Phi) is 8.91. The van der Waals surface area contributed by atoms with Crippen LogP contribution in [0.2, 0.25) is 0 Å². The molecule has 0 aliphatic carbocycles. The van der Waals surface area contributed by atoms with Gasteiger partial charge in [0.15, 0.2) is 17.3 Å². The van der Waals surface area contributed by atoms with Crippen LogP contribution in [0.3, 0.4) is 0 Å². The highest BCUT2D eigenvalue weighted by molar-refractivity contribution is 6.02. The number of para-hydroxylation sites is 2. The number of carbonyl (C=O) groups is 2. The largest absolute Gasteiger partial charge is 0.490 e. The lowest BCUT2D eigenvalue weighted by atomic mass is 9.89. The molecule has 0 saturated carbocycles. The first kappa shape index (κ1) is 26.5. The highest BCUT2D eigenvalue weighted by atomic mass is 35.5. The molecule has 0 radical (unpaired) electrons. The lowest BCUT2D eigenvalue weighted by molar-refractivity contribution is -0.118. The fourth-order valence-corrected chi connectivity index (χ4v) is 5.73. The number of benzene rings is 2. The second kappa shape index (κ2) is 12.1. The molecule has 0 unspecified atom stereocenters. The van der Waals surface area contributed by atoms with Crippen molar-refractivity contribution in [2.24, 2.45) is 5.92 Å². The molecule has 1 amide bonds. The first-order valence-electron chi connectivity index (χ1n) is 13.2. The smallest absolute Gasteiger partial charge is 0.227 e. The van der Waals surface area contributed by atoms with Gasteiger partial charge in [0.1, 0.15) is 6.61 Å². The molecule has 3 heterocycles. The van der Waals surface area contributed by atoms with Crippen molar-refractivity contribution >= 4 is 29.8 Å². The molecule has 3 aliphatic rings. The summed E-state index contributed by atoms with van der Waals surface area (Å²) in [4.78, 5) is 29.5. The molecular formula is C29H37ClN2O4. The Morgan fingerprint density at radius 3 is 2.39 bits per heavy atom. The quantitative estimate of drug-likeness (QED) is 0.415. The molecule has 3 aliphatic heterocycles. The fraction of sp³-hybridized carbons (Fsp3) is 0.517. The van der Waals surface area contributed by atoms with E-state index in [1.165, 1.54) is 11.1 Å². The minimum absolute atomic E-state index is 0. The molecule has 36 heavy (non-hydrogen) atoms. The molecule has 6 nitrogen and oxygen atoms in total. The summed E-state index contributed by atoms with van der Waals surface area (Å²) in [5.41, 5.74) is 4.30. The summed E-state index contributed by atoms with van der Waals surface area (Å²) >= 11 is 0. The van der Waals surface area contributed by atoms with E-state index in [9.17, 15) is 9.59 Å². The van der Waals surface area contributed by atoms with E-state index in [0.29, 0.717) is 32.0 Å². The molecular weight excluding hydrogens is 476 g/mol. The Hall–Kier alpha value is -2.57. The normalized spacial score (nSPS) is 17.5. The molecule has 1 saturated heterocycles. The molecule has 2 aromatic rings. The third-order valence-electron chi connectivity index (χ3n) is 7.67. The first-order valence-corrected chi connectivity index (χ1v) is 13.2. The van der Waals surface area contributed by atoms with Gasteiger partial charge in [0.2, 0.25) is 5.91 Å². The van der Waals surface area contributed by atoms with Gasteiger partial charge >= 0.3 is 0 Å². The Balaban J connectivity index is 0.00000304. The number of hydrogen-bond donors (Lipinski definition) is 0. The Morgan fingerprint density at radius 2 is 1.67 bits per heavy atom. The Bertz CT molecular complexity index is 1080. The third-order valence-corrected chi connectivity index (χ3v) is 7.67. The van der Waals surface area contributed by atoms with Gasteiger partial charge in [-0.05, 0) is 93.4 Å². The maximum absolute atomic E-state index is 13.0. The van der Waals surface area contributed by atoms with Crippen LogP contribution in [-0.4, -0.2) is 56.0 Å². The van der Waals surface area contributed by atoms with Crippen molar-refractivity contribution in [3.63, 3.8) is 0 Å². The van der Waals surface area contributed by atoms with Crippen molar-refractivity contribution in [1.82, 2.24) is 4.90 Å². The van der Waals surface area contributed by atoms with E-state index >= 15 is 0 Å².